The minimum absolute atomic E-state index is 0.00286. The zero-order valence-electron chi connectivity index (χ0n) is 30.2. The van der Waals surface area contributed by atoms with Gasteiger partial charge in [-0.25, -0.2) is 15.0 Å². The van der Waals surface area contributed by atoms with Crippen molar-refractivity contribution in [2.75, 3.05) is 0 Å². The third-order valence-corrected chi connectivity index (χ3v) is 11.3. The minimum atomic E-state index is -1.90. The molecule has 0 spiro atoms. The van der Waals surface area contributed by atoms with Crippen LogP contribution in [0.2, 0.25) is 0 Å². The average Bonchev–Trinajstić information content (AvgIpc) is 3.86. The molecule has 7 aromatic rings. The normalized spacial score (nSPS) is 15.9. The summed E-state index contributed by atoms with van der Waals surface area (Å²) in [7, 11) is 94.8. The van der Waals surface area contributed by atoms with Crippen LogP contribution in [0.1, 0.15) is 28.4 Å². The molecule has 230 valence electrons. The Kier molecular flexibility index (Phi) is 8.74. The first-order valence-corrected chi connectivity index (χ1v) is 17.5. The van der Waals surface area contributed by atoms with Crippen molar-refractivity contribution in [1.29, 1.82) is 0 Å². The van der Waals surface area contributed by atoms with Crippen LogP contribution in [0.3, 0.4) is 0 Å². The van der Waals surface area contributed by atoms with Crippen LogP contribution < -0.4 is 60.1 Å². The molecule has 9 rings (SSSR count). The van der Waals surface area contributed by atoms with Gasteiger partial charge in [0, 0.05) is 33.6 Å². The third kappa shape index (κ3) is 5.04. The lowest BCUT2D eigenvalue weighted by Crippen LogP contribution is -2.51. The van der Waals surface area contributed by atoms with Gasteiger partial charge in [-0.05, 0) is 27.6 Å². The van der Waals surface area contributed by atoms with Crippen molar-refractivity contribution in [2.45, 2.75) is 11.2 Å². The van der Waals surface area contributed by atoms with Gasteiger partial charge in [0.15, 0.2) is 17.5 Å². The second-order valence-electron chi connectivity index (χ2n) is 14.2. The SMILES string of the molecule is [B]C1=C([B])C([B])(C2c3c([B])c([B])c([B])c([B])c3-c3c([B])c([B])c([B])c([B])c32)c2c1oc1c([B])c([B])c([B])c(-c3nc(-c4ccccc4)nc(-c4ccccc4)n3)c21. The van der Waals surface area contributed by atoms with Crippen molar-refractivity contribution in [3.63, 3.8) is 0 Å². The monoisotopic (exact) mass is 691 g/mol. The number of fused-ring (bicyclic) bond motifs is 6. The Bertz CT molecular complexity index is 2840. The van der Waals surface area contributed by atoms with Gasteiger partial charge in [-0.1, -0.05) is 98.9 Å². The fourth-order valence-electron chi connectivity index (χ4n) is 8.35. The first kappa shape index (κ1) is 37.9. The maximum atomic E-state index is 7.77. The molecule has 2 aliphatic carbocycles. The summed E-state index contributed by atoms with van der Waals surface area (Å²) in [4.78, 5) is 14.7. The standard InChI is InChI=1S/C39H11B14N3O/c40-21-13-14-16(24(43)29(48)27(46)22(14)41)19(15(13)23(42)28(47)26(21)45)39(53)20-17-18(25(44)30(49)31(50)33(17)57-34(20)32(51)35(39)52)38-55-36(11-7-3-1-4-8-11)54-37(56-38)12-9-5-2-6-10-12/h1-10,19H. The number of benzene rings is 5. The van der Waals surface area contributed by atoms with Crippen molar-refractivity contribution in [3.05, 3.63) is 88.6 Å². The molecule has 2 aliphatic rings. The lowest BCUT2D eigenvalue weighted by Gasteiger charge is -2.40. The van der Waals surface area contributed by atoms with Crippen LogP contribution in [0.5, 0.6) is 0 Å². The largest absolute Gasteiger partial charge is 0.458 e. The summed E-state index contributed by atoms with van der Waals surface area (Å²) in [5.41, 5.74) is 3.29. The van der Waals surface area contributed by atoms with E-state index in [0.29, 0.717) is 45.0 Å². The second kappa shape index (κ2) is 13.2. The van der Waals surface area contributed by atoms with E-state index in [2.05, 4.69) is 0 Å². The van der Waals surface area contributed by atoms with Gasteiger partial charge >= 0.3 is 0 Å². The highest BCUT2D eigenvalue weighted by atomic mass is 16.3. The summed E-state index contributed by atoms with van der Waals surface area (Å²) in [6, 6.07) is 18.7. The Balaban J connectivity index is 1.44. The van der Waals surface area contributed by atoms with Gasteiger partial charge in [-0.2, -0.15) is 0 Å². The highest BCUT2D eigenvalue weighted by Gasteiger charge is 2.52. The Labute approximate surface area is 349 Å². The van der Waals surface area contributed by atoms with E-state index >= 15 is 0 Å². The quantitative estimate of drug-likeness (QED) is 0.174. The van der Waals surface area contributed by atoms with Crippen LogP contribution in [0.15, 0.2) is 70.6 Å². The van der Waals surface area contributed by atoms with Crippen molar-refractivity contribution >= 4 is 186 Å². The predicted molar refractivity (Wildman–Crippen MR) is 245 cm³/mol. The predicted octanol–water partition coefficient (Wildman–Crippen LogP) is -5.45. The third-order valence-electron chi connectivity index (χ3n) is 11.3. The molecule has 0 N–H and O–H groups in total. The van der Waals surface area contributed by atoms with Crippen molar-refractivity contribution < 1.29 is 4.42 Å². The van der Waals surface area contributed by atoms with Crippen LogP contribution in [0, 0.1) is 0 Å². The van der Waals surface area contributed by atoms with Crippen LogP contribution in [0.25, 0.3) is 61.7 Å². The summed E-state index contributed by atoms with van der Waals surface area (Å²) in [6.45, 7) is 0. The maximum Gasteiger partial charge on any atom is 0.164 e. The molecule has 2 heterocycles. The summed E-state index contributed by atoms with van der Waals surface area (Å²) >= 11 is 0. The number of hydrogen-bond acceptors (Lipinski definition) is 4. The fraction of sp³-hybridized carbons (Fsp3) is 0.0513. The van der Waals surface area contributed by atoms with E-state index < -0.39 is 11.2 Å². The summed E-state index contributed by atoms with van der Waals surface area (Å²) in [5, 5.41) is -1.65. The molecule has 2 aromatic heterocycles. The van der Waals surface area contributed by atoms with Gasteiger partial charge in [-0.15, -0.1) is 32.8 Å². The number of hydrogen-bond donors (Lipinski definition) is 0. The second-order valence-corrected chi connectivity index (χ2v) is 14.2. The van der Waals surface area contributed by atoms with Crippen LogP contribution in [-0.2, 0) is 5.31 Å². The van der Waals surface area contributed by atoms with Gasteiger partial charge in [0.25, 0.3) is 0 Å². The van der Waals surface area contributed by atoms with Crippen LogP contribution in [-0.4, -0.2) is 125 Å². The molecule has 5 aromatic carbocycles. The molecule has 1 unspecified atom stereocenters. The molecule has 0 amide bonds. The first-order valence-electron chi connectivity index (χ1n) is 17.5. The molecule has 18 heteroatoms. The highest BCUT2D eigenvalue weighted by molar-refractivity contribution is 6.68. The van der Waals surface area contributed by atoms with Gasteiger partial charge in [0.2, 0.25) is 0 Å². The average molecular weight is 689 g/mol. The lowest BCUT2D eigenvalue weighted by molar-refractivity contribution is 0.591. The Morgan fingerprint density at radius 3 is 1.33 bits per heavy atom. The number of allylic oxidation sites excluding steroid dienone is 1. The molecular formula is C39H11B14N3O. The van der Waals surface area contributed by atoms with Crippen LogP contribution >= 0.6 is 0 Å². The van der Waals surface area contributed by atoms with Gasteiger partial charge < -0.3 is 4.42 Å². The molecule has 0 saturated heterocycles. The summed E-state index contributed by atoms with van der Waals surface area (Å²) < 4.78 is 6.50. The van der Waals surface area contributed by atoms with E-state index in [1.807, 2.05) is 60.7 Å². The maximum absolute atomic E-state index is 7.77. The van der Waals surface area contributed by atoms with Crippen molar-refractivity contribution in [2.24, 2.45) is 0 Å². The molecule has 0 bridgehead atoms. The van der Waals surface area contributed by atoms with Crippen molar-refractivity contribution in [3.8, 4) is 45.3 Å². The van der Waals surface area contributed by atoms with E-state index in [9.17, 15) is 0 Å². The molecule has 0 aliphatic heterocycles. The van der Waals surface area contributed by atoms with Gasteiger partial charge in [0.1, 0.15) is 113 Å². The van der Waals surface area contributed by atoms with E-state index in [-0.39, 0.29) is 105 Å². The number of furan rings is 1. The highest BCUT2D eigenvalue weighted by Crippen LogP contribution is 2.59. The molecule has 28 radical (unpaired) electrons. The minimum Gasteiger partial charge on any atom is -0.458 e. The summed E-state index contributed by atoms with van der Waals surface area (Å²) in [5.74, 6) is -0.288. The molecular weight excluding hydrogens is 678 g/mol. The van der Waals surface area contributed by atoms with E-state index in [4.69, 9.17) is 129 Å². The van der Waals surface area contributed by atoms with Gasteiger partial charge in [0.05, 0.1) is 7.85 Å². The van der Waals surface area contributed by atoms with Crippen LogP contribution in [0.4, 0.5) is 0 Å². The zero-order valence-corrected chi connectivity index (χ0v) is 30.2. The summed E-state index contributed by atoms with van der Waals surface area (Å²) in [6.07, 6.45) is 0. The van der Waals surface area contributed by atoms with E-state index in [1.165, 1.54) is 0 Å². The molecule has 4 nitrogen and oxygen atoms in total. The van der Waals surface area contributed by atoms with E-state index in [0.717, 1.165) is 0 Å². The molecule has 0 fully saturated rings. The smallest absolute Gasteiger partial charge is 0.164 e. The van der Waals surface area contributed by atoms with E-state index in [1.54, 1.807) is 0 Å². The Hall–Kier alpha value is -4.70. The number of aromatic nitrogens is 3. The first-order chi connectivity index (χ1) is 27.1. The Morgan fingerprint density at radius 2 is 0.860 bits per heavy atom. The number of nitrogens with zero attached hydrogens (tertiary/aromatic N) is 3. The molecule has 1 atom stereocenters. The van der Waals surface area contributed by atoms with Gasteiger partial charge in [-0.3, -0.25) is 0 Å². The lowest BCUT2D eigenvalue weighted by atomic mass is 9.46. The zero-order chi connectivity index (χ0) is 40.6. The number of rotatable bonds is 4. The molecule has 0 saturated carbocycles. The Morgan fingerprint density at radius 1 is 0.456 bits per heavy atom. The topological polar surface area (TPSA) is 51.8 Å². The fourth-order valence-corrected chi connectivity index (χ4v) is 8.35. The van der Waals surface area contributed by atoms with Crippen molar-refractivity contribution in [1.82, 2.24) is 15.0 Å². The molecule has 57 heavy (non-hydrogen) atoms.